The Balaban J connectivity index is 2.50. The fourth-order valence-corrected chi connectivity index (χ4v) is 1.27. The monoisotopic (exact) mass is 127 g/mol. The van der Waals surface area contributed by atoms with E-state index in [0.29, 0.717) is 0 Å². The average Bonchev–Trinajstić information content (AvgIpc) is 2.04. The largest absolute Gasteiger partial charge is 0.377 e. The molecule has 1 unspecified atom stereocenters. The van der Waals surface area contributed by atoms with Crippen LogP contribution in [0.5, 0.6) is 0 Å². The van der Waals surface area contributed by atoms with Gasteiger partial charge in [-0.25, -0.2) is 0 Å². The molecule has 1 saturated carbocycles. The molecule has 0 saturated heterocycles. The lowest BCUT2D eigenvalue weighted by molar-refractivity contribution is 0.110. The summed E-state index contributed by atoms with van der Waals surface area (Å²) in [6.07, 6.45) is 4.87. The fourth-order valence-electron chi connectivity index (χ4n) is 1.27. The zero-order chi connectivity index (χ0) is 7.40. The molecular weight excluding hydrogens is 112 g/mol. The van der Waals surface area contributed by atoms with Crippen molar-refractivity contribution in [2.24, 2.45) is 0 Å². The highest BCUT2D eigenvalue weighted by Gasteiger charge is 2.15. The summed E-state index contributed by atoms with van der Waals surface area (Å²) in [5.74, 6) is 0. The Labute approximate surface area is 58.1 Å². The van der Waals surface area contributed by atoms with Gasteiger partial charge < -0.3 is 4.74 Å². The van der Waals surface area contributed by atoms with Gasteiger partial charge in [0.25, 0.3) is 0 Å². The number of methoxy groups -OCH3 is 1. The predicted octanol–water partition coefficient (Wildman–Crippen LogP) is 2.13. The Morgan fingerprint density at radius 2 is 2.67 bits per heavy atom. The molecule has 0 N–H and O–H groups in total. The van der Waals surface area contributed by atoms with E-state index in [9.17, 15) is 0 Å². The molecule has 0 aliphatic heterocycles. The molecule has 1 aliphatic rings. The topological polar surface area (TPSA) is 9.23 Å². The van der Waals surface area contributed by atoms with Crippen LogP contribution in [0.15, 0.2) is 12.1 Å². The van der Waals surface area contributed by atoms with Crippen molar-refractivity contribution in [3.63, 3.8) is 0 Å². The maximum Gasteiger partial charge on any atom is 0.0778 e. The van der Waals surface area contributed by atoms with Crippen LogP contribution in [0, 0.1) is 0 Å². The molecule has 1 atom stereocenters. The maximum atomic E-state index is 7.09. The number of hydrogen-bond donors (Lipinski definition) is 0. The van der Waals surface area contributed by atoms with E-state index in [2.05, 4.69) is 0 Å². The quantitative estimate of drug-likeness (QED) is 0.490. The van der Waals surface area contributed by atoms with Crippen molar-refractivity contribution in [1.29, 1.82) is 0 Å². The molecule has 1 aliphatic carbocycles. The molecule has 0 aromatic carbocycles. The van der Waals surface area contributed by atoms with Crippen LogP contribution in [0.4, 0.5) is 0 Å². The van der Waals surface area contributed by atoms with Crippen LogP contribution in [-0.4, -0.2) is 13.2 Å². The highest BCUT2D eigenvalue weighted by molar-refractivity contribution is 5.04. The van der Waals surface area contributed by atoms with Crippen LogP contribution >= 0.6 is 0 Å². The van der Waals surface area contributed by atoms with Gasteiger partial charge in [-0.3, -0.25) is 0 Å². The van der Waals surface area contributed by atoms with Crippen LogP contribution in [0.2, 0.25) is 0 Å². The van der Waals surface area contributed by atoms with Crippen LogP contribution in [0.1, 0.15) is 27.1 Å². The van der Waals surface area contributed by atoms with Gasteiger partial charge in [-0.1, -0.05) is 13.0 Å². The zero-order valence-electron chi connectivity index (χ0n) is 6.89. The van der Waals surface area contributed by atoms with Crippen LogP contribution in [0.3, 0.4) is 0 Å². The number of ether oxygens (including phenoxy) is 1. The molecular formula is C8H14O. The molecule has 9 heavy (non-hydrogen) atoms. The van der Waals surface area contributed by atoms with Gasteiger partial charge in [0.05, 0.1) is 7.47 Å². The predicted molar refractivity (Wildman–Crippen MR) is 38.4 cm³/mol. The van der Waals surface area contributed by atoms with Gasteiger partial charge in [-0.05, 0) is 24.8 Å². The van der Waals surface area contributed by atoms with Crippen molar-refractivity contribution in [3.8, 4) is 0 Å². The Morgan fingerprint density at radius 3 is 3.22 bits per heavy atom. The first-order chi connectivity index (χ1) is 4.88. The lowest BCUT2D eigenvalue weighted by Crippen LogP contribution is -2.16. The van der Waals surface area contributed by atoms with Crippen molar-refractivity contribution in [1.82, 2.24) is 0 Å². The second-order valence-corrected chi connectivity index (χ2v) is 2.55. The second kappa shape index (κ2) is 3.02. The van der Waals surface area contributed by atoms with Gasteiger partial charge >= 0.3 is 0 Å². The second-order valence-electron chi connectivity index (χ2n) is 2.55. The van der Waals surface area contributed by atoms with Crippen molar-refractivity contribution in [3.05, 3.63) is 12.1 Å². The van der Waals surface area contributed by atoms with Gasteiger partial charge in [0, 0.05) is 7.11 Å². The third-order valence-corrected chi connectivity index (χ3v) is 1.88. The Morgan fingerprint density at radius 1 is 1.78 bits per heavy atom. The standard InChI is InChI=1S/C8H14O/c1-7-5-3-4-6-8(7)9-2/h8H,1,3-6H2,2H3/i1D. The summed E-state index contributed by atoms with van der Waals surface area (Å²) in [4.78, 5) is 0. The van der Waals surface area contributed by atoms with Gasteiger partial charge in [-0.2, -0.15) is 0 Å². The average molecular weight is 127 g/mol. The highest BCUT2D eigenvalue weighted by atomic mass is 16.5. The molecule has 52 valence electrons. The molecule has 0 bridgehead atoms. The molecule has 0 aromatic heterocycles. The van der Waals surface area contributed by atoms with Gasteiger partial charge in [0.15, 0.2) is 0 Å². The minimum atomic E-state index is 0.242. The van der Waals surface area contributed by atoms with E-state index < -0.39 is 0 Å². The van der Waals surface area contributed by atoms with Crippen molar-refractivity contribution < 1.29 is 6.11 Å². The molecule has 1 heteroatoms. The van der Waals surface area contributed by atoms with E-state index >= 15 is 0 Å². The zero-order valence-corrected chi connectivity index (χ0v) is 5.89. The molecule has 0 amide bonds. The molecule has 1 fully saturated rings. The van der Waals surface area contributed by atoms with Crippen molar-refractivity contribution in [2.45, 2.75) is 31.8 Å². The first-order valence-corrected chi connectivity index (χ1v) is 3.48. The third kappa shape index (κ3) is 1.55. The fraction of sp³-hybridized carbons (Fsp3) is 0.750. The number of hydrogen-bond acceptors (Lipinski definition) is 1. The van der Waals surface area contributed by atoms with Crippen molar-refractivity contribution >= 4 is 0 Å². The van der Waals surface area contributed by atoms with E-state index in [1.165, 1.54) is 19.4 Å². The van der Waals surface area contributed by atoms with Crippen molar-refractivity contribution in [2.75, 3.05) is 7.11 Å². The lowest BCUT2D eigenvalue weighted by atomic mass is 9.93. The molecule has 1 rings (SSSR count). The summed E-state index contributed by atoms with van der Waals surface area (Å²) in [6, 6.07) is 0. The normalized spacial score (nSPS) is 34.6. The summed E-state index contributed by atoms with van der Waals surface area (Å²) < 4.78 is 12.3. The van der Waals surface area contributed by atoms with Crippen LogP contribution < -0.4 is 0 Å². The molecule has 0 radical (unpaired) electrons. The van der Waals surface area contributed by atoms with E-state index in [1.54, 1.807) is 7.11 Å². The first-order valence-electron chi connectivity index (χ1n) is 4.06. The van der Waals surface area contributed by atoms with Crippen LogP contribution in [0.25, 0.3) is 0 Å². The summed E-state index contributed by atoms with van der Waals surface area (Å²) >= 11 is 0. The SMILES string of the molecule is [2H]C=C1CCCCC1OC. The van der Waals surface area contributed by atoms with E-state index in [4.69, 9.17) is 6.11 Å². The smallest absolute Gasteiger partial charge is 0.0778 e. The third-order valence-electron chi connectivity index (χ3n) is 1.88. The maximum absolute atomic E-state index is 7.09. The van der Waals surface area contributed by atoms with Gasteiger partial charge in [-0.15, -0.1) is 0 Å². The van der Waals surface area contributed by atoms with E-state index in [1.807, 2.05) is 0 Å². The minimum Gasteiger partial charge on any atom is -0.377 e. The summed E-state index contributed by atoms with van der Waals surface area (Å²) in [6.45, 7) is 1.45. The molecule has 0 aromatic rings. The molecule has 1 nitrogen and oxygen atoms in total. The highest BCUT2D eigenvalue weighted by Crippen LogP contribution is 2.23. The van der Waals surface area contributed by atoms with Crippen LogP contribution in [-0.2, 0) is 4.74 Å². The molecule has 0 spiro atoms. The lowest BCUT2D eigenvalue weighted by Gasteiger charge is -2.22. The Hall–Kier alpha value is -0.300. The summed E-state index contributed by atoms with van der Waals surface area (Å²) in [5.41, 5.74) is 1.16. The Bertz CT molecular complexity index is 131. The number of rotatable bonds is 1. The Kier molecular flexibility index (Phi) is 1.84. The van der Waals surface area contributed by atoms with E-state index in [0.717, 1.165) is 18.4 Å². The van der Waals surface area contributed by atoms with E-state index in [-0.39, 0.29) is 6.10 Å². The minimum absolute atomic E-state index is 0.242. The first kappa shape index (κ1) is 5.48. The summed E-state index contributed by atoms with van der Waals surface area (Å²) in [5, 5.41) is 0. The van der Waals surface area contributed by atoms with Gasteiger partial charge in [0.1, 0.15) is 0 Å². The van der Waals surface area contributed by atoms with Gasteiger partial charge in [0.2, 0.25) is 0 Å². The molecule has 0 heterocycles. The summed E-state index contributed by atoms with van der Waals surface area (Å²) in [7, 11) is 1.72.